The number of ether oxygens (including phenoxy) is 1. The number of carbonyl (C=O) groups excluding carboxylic acids is 1. The van der Waals surface area contributed by atoms with Gasteiger partial charge in [0.25, 0.3) is 0 Å². The molecule has 1 aromatic rings. The number of nitrogens with one attached hydrogen (secondary N) is 1. The lowest BCUT2D eigenvalue weighted by Crippen LogP contribution is -2.43. The number of rotatable bonds is 7. The first-order valence-electron chi connectivity index (χ1n) is 7.76. The van der Waals surface area contributed by atoms with E-state index < -0.39 is 0 Å². The molecular weight excluding hydrogens is 282 g/mol. The van der Waals surface area contributed by atoms with Gasteiger partial charge in [0, 0.05) is 26.7 Å². The van der Waals surface area contributed by atoms with Gasteiger partial charge in [-0.1, -0.05) is 0 Å². The van der Waals surface area contributed by atoms with Crippen molar-refractivity contribution in [1.29, 1.82) is 0 Å². The van der Waals surface area contributed by atoms with E-state index in [1.165, 1.54) is 0 Å². The van der Waals surface area contributed by atoms with Crippen LogP contribution in [0.1, 0.15) is 18.5 Å². The lowest BCUT2D eigenvalue weighted by Gasteiger charge is -2.32. The lowest BCUT2D eigenvalue weighted by molar-refractivity contribution is -0.131. The predicted molar refractivity (Wildman–Crippen MR) is 84.5 cm³/mol. The molecule has 0 aliphatic carbocycles. The van der Waals surface area contributed by atoms with E-state index in [1.54, 1.807) is 7.11 Å². The number of carbonyl (C=O) groups is 1. The molecule has 0 saturated carbocycles. The second-order valence-electron chi connectivity index (χ2n) is 5.59. The quantitative estimate of drug-likeness (QED) is 0.703. The first kappa shape index (κ1) is 16.6. The zero-order valence-electron chi connectivity index (χ0n) is 13.1. The van der Waals surface area contributed by atoms with Gasteiger partial charge in [0.05, 0.1) is 18.8 Å². The largest absolute Gasteiger partial charge is 0.383 e. The maximum Gasteiger partial charge on any atom is 0.236 e. The van der Waals surface area contributed by atoms with E-state index in [-0.39, 0.29) is 12.5 Å². The van der Waals surface area contributed by atoms with Crippen LogP contribution in [0.2, 0.25) is 0 Å². The molecule has 0 bridgehead atoms. The Kier molecular flexibility index (Phi) is 6.54. The van der Waals surface area contributed by atoms with E-state index in [4.69, 9.17) is 10.5 Å². The summed E-state index contributed by atoms with van der Waals surface area (Å²) in [5.74, 6) is 1.23. The van der Waals surface area contributed by atoms with Gasteiger partial charge in [0.15, 0.2) is 0 Å². The minimum absolute atomic E-state index is 0.0356. The number of nitrogens with zero attached hydrogens (tertiary/aromatic N) is 3. The monoisotopic (exact) mass is 307 g/mol. The molecule has 1 unspecified atom stereocenters. The van der Waals surface area contributed by atoms with E-state index in [0.29, 0.717) is 19.1 Å². The Labute approximate surface area is 131 Å². The van der Waals surface area contributed by atoms with Crippen LogP contribution in [0.4, 0.5) is 5.82 Å². The SMILES string of the molecule is COCCNc1ccc(CC2CCCN(C(=O)CN)C2)nn1. The second-order valence-corrected chi connectivity index (χ2v) is 5.59. The summed E-state index contributed by atoms with van der Waals surface area (Å²) in [6, 6.07) is 3.93. The van der Waals surface area contributed by atoms with Crippen molar-refractivity contribution in [2.75, 3.05) is 45.2 Å². The van der Waals surface area contributed by atoms with Crippen molar-refractivity contribution in [3.05, 3.63) is 17.8 Å². The number of aromatic nitrogens is 2. The maximum absolute atomic E-state index is 11.7. The summed E-state index contributed by atoms with van der Waals surface area (Å²) in [5.41, 5.74) is 6.40. The number of piperidine rings is 1. The number of anilines is 1. The van der Waals surface area contributed by atoms with Gasteiger partial charge in [0.1, 0.15) is 5.82 Å². The molecule has 7 heteroatoms. The standard InChI is InChI=1S/C15H25N5O2/c1-22-8-6-17-14-5-4-13(18-19-14)9-12-3-2-7-20(11-12)15(21)10-16/h4-5,12H,2-3,6-11,16H2,1H3,(H,17,19). The third kappa shape index (κ3) is 4.92. The third-order valence-electron chi connectivity index (χ3n) is 3.88. The molecule has 0 aromatic carbocycles. The summed E-state index contributed by atoms with van der Waals surface area (Å²) in [5, 5.41) is 11.6. The van der Waals surface area contributed by atoms with Crippen molar-refractivity contribution in [2.24, 2.45) is 11.7 Å². The molecule has 3 N–H and O–H groups in total. The smallest absolute Gasteiger partial charge is 0.236 e. The highest BCUT2D eigenvalue weighted by molar-refractivity contribution is 5.78. The number of methoxy groups -OCH3 is 1. The van der Waals surface area contributed by atoms with Crippen molar-refractivity contribution in [2.45, 2.75) is 19.3 Å². The molecule has 22 heavy (non-hydrogen) atoms. The third-order valence-corrected chi connectivity index (χ3v) is 3.88. The molecule has 0 spiro atoms. The normalized spacial score (nSPS) is 18.3. The molecule has 1 fully saturated rings. The number of hydrogen-bond acceptors (Lipinski definition) is 6. The zero-order valence-corrected chi connectivity index (χ0v) is 13.1. The van der Waals surface area contributed by atoms with Crippen LogP contribution in [0, 0.1) is 5.92 Å². The van der Waals surface area contributed by atoms with E-state index in [9.17, 15) is 4.79 Å². The van der Waals surface area contributed by atoms with Crippen LogP contribution in [0.3, 0.4) is 0 Å². The molecule has 0 radical (unpaired) electrons. The Morgan fingerprint density at radius 2 is 2.36 bits per heavy atom. The summed E-state index contributed by atoms with van der Waals surface area (Å²) >= 11 is 0. The molecular formula is C15H25N5O2. The Balaban J connectivity index is 1.83. The summed E-state index contributed by atoms with van der Waals surface area (Å²) in [7, 11) is 1.67. The van der Waals surface area contributed by atoms with Crippen LogP contribution in [0.5, 0.6) is 0 Å². The average molecular weight is 307 g/mol. The van der Waals surface area contributed by atoms with Crippen LogP contribution >= 0.6 is 0 Å². The summed E-state index contributed by atoms with van der Waals surface area (Å²) in [6.07, 6.45) is 2.99. The van der Waals surface area contributed by atoms with Crippen molar-refractivity contribution in [3.63, 3.8) is 0 Å². The highest BCUT2D eigenvalue weighted by atomic mass is 16.5. The van der Waals surface area contributed by atoms with Crippen LogP contribution in [0.25, 0.3) is 0 Å². The summed E-state index contributed by atoms with van der Waals surface area (Å²) in [4.78, 5) is 13.6. The molecule has 122 valence electrons. The molecule has 7 nitrogen and oxygen atoms in total. The molecule has 1 aromatic heterocycles. The Morgan fingerprint density at radius 3 is 3.05 bits per heavy atom. The first-order valence-corrected chi connectivity index (χ1v) is 7.76. The van der Waals surface area contributed by atoms with Crippen LogP contribution in [0.15, 0.2) is 12.1 Å². The van der Waals surface area contributed by atoms with Gasteiger partial charge < -0.3 is 20.7 Å². The molecule has 2 rings (SSSR count). The van der Waals surface area contributed by atoms with E-state index in [2.05, 4.69) is 15.5 Å². The lowest BCUT2D eigenvalue weighted by atomic mass is 9.93. The molecule has 1 saturated heterocycles. The van der Waals surface area contributed by atoms with Crippen LogP contribution in [-0.4, -0.2) is 60.9 Å². The van der Waals surface area contributed by atoms with E-state index in [0.717, 1.165) is 43.9 Å². The number of nitrogens with two attached hydrogens (primary N) is 1. The molecule has 2 heterocycles. The first-order chi connectivity index (χ1) is 10.7. The number of hydrogen-bond donors (Lipinski definition) is 2. The predicted octanol–water partition coefficient (Wildman–Crippen LogP) is 0.275. The maximum atomic E-state index is 11.7. The fourth-order valence-corrected chi connectivity index (χ4v) is 2.73. The molecule has 1 amide bonds. The van der Waals surface area contributed by atoms with Crippen molar-refractivity contribution >= 4 is 11.7 Å². The minimum atomic E-state index is 0.0356. The number of amides is 1. The molecule has 1 aliphatic rings. The average Bonchev–Trinajstić information content (AvgIpc) is 2.56. The summed E-state index contributed by atoms with van der Waals surface area (Å²) in [6.45, 7) is 3.03. The van der Waals surface area contributed by atoms with Gasteiger partial charge in [-0.05, 0) is 37.3 Å². The highest BCUT2D eigenvalue weighted by Crippen LogP contribution is 2.20. The zero-order chi connectivity index (χ0) is 15.8. The topological polar surface area (TPSA) is 93.4 Å². The van der Waals surface area contributed by atoms with Crippen LogP contribution in [-0.2, 0) is 16.0 Å². The van der Waals surface area contributed by atoms with Gasteiger partial charge in [-0.2, -0.15) is 5.10 Å². The van der Waals surface area contributed by atoms with E-state index >= 15 is 0 Å². The Morgan fingerprint density at radius 1 is 1.50 bits per heavy atom. The van der Waals surface area contributed by atoms with Crippen molar-refractivity contribution in [3.8, 4) is 0 Å². The summed E-state index contributed by atoms with van der Waals surface area (Å²) < 4.78 is 4.97. The molecule has 1 aliphatic heterocycles. The Bertz CT molecular complexity index is 466. The van der Waals surface area contributed by atoms with E-state index in [1.807, 2.05) is 17.0 Å². The van der Waals surface area contributed by atoms with Gasteiger partial charge in [0.2, 0.25) is 5.91 Å². The fourth-order valence-electron chi connectivity index (χ4n) is 2.73. The highest BCUT2D eigenvalue weighted by Gasteiger charge is 2.23. The van der Waals surface area contributed by atoms with Crippen LogP contribution < -0.4 is 11.1 Å². The molecule has 1 atom stereocenters. The Hall–Kier alpha value is -1.73. The van der Waals surface area contributed by atoms with Gasteiger partial charge >= 0.3 is 0 Å². The van der Waals surface area contributed by atoms with Gasteiger partial charge in [-0.3, -0.25) is 4.79 Å². The van der Waals surface area contributed by atoms with Crippen molar-refractivity contribution in [1.82, 2.24) is 15.1 Å². The van der Waals surface area contributed by atoms with Crippen molar-refractivity contribution < 1.29 is 9.53 Å². The second kappa shape index (κ2) is 8.65. The fraction of sp³-hybridized carbons (Fsp3) is 0.667. The number of likely N-dealkylation sites (tertiary alicyclic amines) is 1. The van der Waals surface area contributed by atoms with Gasteiger partial charge in [-0.15, -0.1) is 5.10 Å². The minimum Gasteiger partial charge on any atom is -0.383 e. The van der Waals surface area contributed by atoms with Gasteiger partial charge in [-0.25, -0.2) is 0 Å².